The van der Waals surface area contributed by atoms with E-state index in [-0.39, 0.29) is 0 Å². The van der Waals surface area contributed by atoms with E-state index in [9.17, 15) is 0 Å². The van der Waals surface area contributed by atoms with E-state index in [0.717, 1.165) is 11.8 Å². The van der Waals surface area contributed by atoms with Crippen molar-refractivity contribution in [1.82, 2.24) is 0 Å². The maximum atomic E-state index is 2.35. The molecule has 0 saturated heterocycles. The van der Waals surface area contributed by atoms with E-state index in [1.165, 1.54) is 244 Å². The van der Waals surface area contributed by atoms with Crippen LogP contribution >= 0.6 is 0 Å². The Balaban J connectivity index is 4.75. The van der Waals surface area contributed by atoms with Crippen LogP contribution < -0.4 is 0 Å². The topological polar surface area (TPSA) is 0 Å². The average molecular weight is 675 g/mol. The smallest absolute Gasteiger partial charge is 0.0386 e. The van der Waals surface area contributed by atoms with Crippen molar-refractivity contribution in [2.75, 3.05) is 0 Å². The van der Waals surface area contributed by atoms with E-state index in [4.69, 9.17) is 0 Å². The molecule has 0 aliphatic rings. The number of unbranched alkanes of at least 4 members (excludes halogenated alkanes) is 34. The first-order valence-electron chi connectivity index (χ1n) is 23.8. The zero-order valence-electron chi connectivity index (χ0n) is 34.9. The Hall–Kier alpha value is 0. The van der Waals surface area contributed by atoms with E-state index in [1.807, 2.05) is 0 Å². The lowest BCUT2D eigenvalue weighted by Gasteiger charge is -2.28. The molecule has 0 aromatic rings. The summed E-state index contributed by atoms with van der Waals surface area (Å²) in [5.74, 6) is 2.05. The van der Waals surface area contributed by atoms with E-state index >= 15 is 0 Å². The second-order valence-corrected chi connectivity index (χ2v) is 16.7. The molecule has 0 saturated carbocycles. The summed E-state index contributed by atoms with van der Waals surface area (Å²) in [6.45, 7) is 9.35. The van der Waals surface area contributed by atoms with Gasteiger partial charge in [-0.05, 0) is 11.8 Å². The second-order valence-electron chi connectivity index (χ2n) is 16.7. The highest BCUT2D eigenvalue weighted by atomic mass is 14.3. The third-order valence-corrected chi connectivity index (χ3v) is 11.9. The van der Waals surface area contributed by atoms with Crippen molar-refractivity contribution in [3.8, 4) is 0 Å². The molecule has 0 N–H and O–H groups in total. The van der Waals surface area contributed by atoms with Gasteiger partial charge in [0.05, 0.1) is 0 Å². The molecule has 1 atom stereocenters. The zero-order chi connectivity index (χ0) is 34.9. The van der Waals surface area contributed by atoms with Gasteiger partial charge in [0.25, 0.3) is 0 Å². The van der Waals surface area contributed by atoms with Crippen molar-refractivity contribution in [2.24, 2.45) is 11.8 Å². The minimum absolute atomic E-state index is 1.02. The molecule has 0 spiro atoms. The van der Waals surface area contributed by atoms with Gasteiger partial charge in [0.1, 0.15) is 0 Å². The van der Waals surface area contributed by atoms with Gasteiger partial charge in [-0.1, -0.05) is 297 Å². The Morgan fingerprint density at radius 3 is 0.438 bits per heavy atom. The summed E-state index contributed by atoms with van der Waals surface area (Å²) in [6.07, 6.45) is 62.3. The van der Waals surface area contributed by atoms with Crippen LogP contribution in [0.15, 0.2) is 0 Å². The molecule has 290 valence electrons. The van der Waals surface area contributed by atoms with Gasteiger partial charge in [0, 0.05) is 0 Å². The molecule has 0 heterocycles. The molecule has 0 rings (SSSR count). The normalized spacial score (nSPS) is 12.4. The Bertz CT molecular complexity index is 512. The molecule has 0 fully saturated rings. The molecule has 0 nitrogen and oxygen atoms in total. The van der Waals surface area contributed by atoms with E-state index < -0.39 is 0 Å². The standard InChI is InChI=1S/C48H98/c1-5-9-13-17-21-24-27-30-34-38-42-44-47(43-39-35-31-20-16-12-8-4)48(45-40-36-32-28-25-22-18-14-10-6-2)46-41-37-33-29-26-23-19-15-11-7-3/h47-48H,5-46H2,1-4H3. The van der Waals surface area contributed by atoms with Gasteiger partial charge in [-0.3, -0.25) is 0 Å². The van der Waals surface area contributed by atoms with Crippen LogP contribution in [0.3, 0.4) is 0 Å². The first kappa shape index (κ1) is 48.0. The molecular weight excluding hydrogens is 577 g/mol. The molecule has 0 heteroatoms. The molecule has 48 heavy (non-hydrogen) atoms. The maximum Gasteiger partial charge on any atom is -0.0386 e. The lowest BCUT2D eigenvalue weighted by atomic mass is 9.78. The minimum Gasteiger partial charge on any atom is -0.0654 e. The summed E-state index contributed by atoms with van der Waals surface area (Å²) >= 11 is 0. The van der Waals surface area contributed by atoms with Gasteiger partial charge in [0.15, 0.2) is 0 Å². The lowest BCUT2D eigenvalue weighted by Crippen LogP contribution is -2.16. The van der Waals surface area contributed by atoms with Gasteiger partial charge in [0.2, 0.25) is 0 Å². The minimum atomic E-state index is 1.02. The van der Waals surface area contributed by atoms with Crippen LogP contribution in [0.25, 0.3) is 0 Å². The van der Waals surface area contributed by atoms with Crippen LogP contribution in [0.4, 0.5) is 0 Å². The largest absolute Gasteiger partial charge is 0.0654 e. The van der Waals surface area contributed by atoms with Gasteiger partial charge < -0.3 is 0 Å². The second kappa shape index (κ2) is 43.2. The molecular formula is C48H98. The quantitative estimate of drug-likeness (QED) is 0.0565. The van der Waals surface area contributed by atoms with Crippen molar-refractivity contribution in [3.63, 3.8) is 0 Å². The summed E-state index contributed by atoms with van der Waals surface area (Å²) in [5.41, 5.74) is 0. The molecule has 1 unspecified atom stereocenters. The Kier molecular flexibility index (Phi) is 43.2. The van der Waals surface area contributed by atoms with E-state index in [1.54, 1.807) is 25.7 Å². The number of hydrogen-bond acceptors (Lipinski definition) is 0. The van der Waals surface area contributed by atoms with Crippen molar-refractivity contribution in [1.29, 1.82) is 0 Å². The van der Waals surface area contributed by atoms with Crippen molar-refractivity contribution < 1.29 is 0 Å². The first-order chi connectivity index (χ1) is 23.8. The summed E-state index contributed by atoms with van der Waals surface area (Å²) in [6, 6.07) is 0. The predicted octanol–water partition coefficient (Wildman–Crippen LogP) is 18.7. The van der Waals surface area contributed by atoms with E-state index in [2.05, 4.69) is 27.7 Å². The molecule has 0 radical (unpaired) electrons. The average Bonchev–Trinajstić information content (AvgIpc) is 3.10. The fraction of sp³-hybridized carbons (Fsp3) is 1.00. The van der Waals surface area contributed by atoms with Gasteiger partial charge in [-0.15, -0.1) is 0 Å². The Morgan fingerprint density at radius 1 is 0.167 bits per heavy atom. The highest BCUT2D eigenvalue weighted by Crippen LogP contribution is 2.34. The van der Waals surface area contributed by atoms with Crippen LogP contribution in [0.5, 0.6) is 0 Å². The van der Waals surface area contributed by atoms with Crippen molar-refractivity contribution in [2.45, 2.75) is 297 Å². The van der Waals surface area contributed by atoms with Crippen LogP contribution in [0.1, 0.15) is 297 Å². The summed E-state index contributed by atoms with van der Waals surface area (Å²) in [5, 5.41) is 0. The van der Waals surface area contributed by atoms with Crippen LogP contribution in [-0.2, 0) is 0 Å². The fourth-order valence-electron chi connectivity index (χ4n) is 8.45. The maximum absolute atomic E-state index is 2.35. The number of rotatable bonds is 43. The molecule has 0 aromatic carbocycles. The van der Waals surface area contributed by atoms with Crippen LogP contribution in [0.2, 0.25) is 0 Å². The molecule has 0 aliphatic heterocycles. The summed E-state index contributed by atoms with van der Waals surface area (Å²) < 4.78 is 0. The monoisotopic (exact) mass is 675 g/mol. The molecule has 0 aromatic heterocycles. The van der Waals surface area contributed by atoms with Crippen molar-refractivity contribution in [3.05, 3.63) is 0 Å². The molecule has 0 bridgehead atoms. The third-order valence-electron chi connectivity index (χ3n) is 11.9. The SMILES string of the molecule is CCCCCCCCCCCCCC(CCCCCCCCC)C(CCCCCCCCCCCC)CCCCCCCCCCCC. The van der Waals surface area contributed by atoms with Crippen molar-refractivity contribution >= 4 is 0 Å². The van der Waals surface area contributed by atoms with Crippen LogP contribution in [-0.4, -0.2) is 0 Å². The van der Waals surface area contributed by atoms with Gasteiger partial charge in [-0.25, -0.2) is 0 Å². The Morgan fingerprint density at radius 2 is 0.292 bits per heavy atom. The fourth-order valence-corrected chi connectivity index (χ4v) is 8.45. The zero-order valence-corrected chi connectivity index (χ0v) is 34.9. The van der Waals surface area contributed by atoms with Gasteiger partial charge >= 0.3 is 0 Å². The highest BCUT2D eigenvalue weighted by molar-refractivity contribution is 4.72. The Labute approximate surface area is 308 Å². The summed E-state index contributed by atoms with van der Waals surface area (Å²) in [7, 11) is 0. The highest BCUT2D eigenvalue weighted by Gasteiger charge is 2.20. The molecule has 0 aliphatic carbocycles. The number of hydrogen-bond donors (Lipinski definition) is 0. The van der Waals surface area contributed by atoms with Crippen LogP contribution in [0, 0.1) is 11.8 Å². The summed E-state index contributed by atoms with van der Waals surface area (Å²) in [4.78, 5) is 0. The molecule has 0 amide bonds. The lowest BCUT2D eigenvalue weighted by molar-refractivity contribution is 0.236. The predicted molar refractivity (Wildman–Crippen MR) is 224 cm³/mol. The first-order valence-corrected chi connectivity index (χ1v) is 23.8. The third kappa shape index (κ3) is 37.3. The van der Waals surface area contributed by atoms with E-state index in [0.29, 0.717) is 0 Å². The van der Waals surface area contributed by atoms with Gasteiger partial charge in [-0.2, -0.15) is 0 Å².